The minimum absolute atomic E-state index is 0.107. The molecule has 0 saturated heterocycles. The quantitative estimate of drug-likeness (QED) is 0.838. The summed E-state index contributed by atoms with van der Waals surface area (Å²) in [7, 11) is 0. The van der Waals surface area contributed by atoms with Crippen LogP contribution < -0.4 is 0 Å². The number of carboxylic acids is 1. The van der Waals surface area contributed by atoms with Crippen molar-refractivity contribution in [2.45, 2.75) is 27.3 Å². The fourth-order valence-corrected chi connectivity index (χ4v) is 2.77. The van der Waals surface area contributed by atoms with Crippen LogP contribution in [-0.2, 0) is 6.54 Å². The number of carbonyl (C=O) groups excluding carboxylic acids is 1. The van der Waals surface area contributed by atoms with Crippen molar-refractivity contribution in [3.05, 3.63) is 34.5 Å². The molecule has 0 unspecified atom stereocenters. The lowest BCUT2D eigenvalue weighted by molar-refractivity contribution is 0.0697. The molecule has 0 amide bonds. The molecule has 0 fully saturated rings. The average Bonchev–Trinajstić information content (AvgIpc) is 2.62. The highest BCUT2D eigenvalue weighted by molar-refractivity contribution is 6.13. The summed E-state index contributed by atoms with van der Waals surface area (Å²) in [5.41, 5.74) is 2.54. The lowest BCUT2D eigenvalue weighted by Crippen LogP contribution is -2.09. The van der Waals surface area contributed by atoms with Gasteiger partial charge >= 0.3 is 5.97 Å². The van der Waals surface area contributed by atoms with E-state index in [4.69, 9.17) is 0 Å². The summed E-state index contributed by atoms with van der Waals surface area (Å²) in [5.74, 6) is -1.13. The molecule has 2 rings (SSSR count). The predicted molar refractivity (Wildman–Crippen MR) is 75.5 cm³/mol. The Hall–Kier alpha value is -2.14. The van der Waals surface area contributed by atoms with Crippen LogP contribution in [0.1, 0.15) is 38.9 Å². The third-order valence-electron chi connectivity index (χ3n) is 3.58. The zero-order valence-electron chi connectivity index (χ0n) is 11.7. The largest absolute Gasteiger partial charge is 0.478 e. The first kappa shape index (κ1) is 14.3. The smallest absolute Gasteiger partial charge is 0.338 e. The molecule has 0 spiro atoms. The molecule has 0 saturated carbocycles. The topological polar surface area (TPSA) is 79.5 Å². The van der Waals surface area contributed by atoms with E-state index in [2.05, 4.69) is 0 Å². The van der Waals surface area contributed by atoms with E-state index in [0.717, 1.165) is 0 Å². The second-order valence-electron chi connectivity index (χ2n) is 4.85. The number of aryl methyl sites for hydroxylation is 1. The first-order valence-corrected chi connectivity index (χ1v) is 6.37. The fourth-order valence-electron chi connectivity index (χ4n) is 2.77. The number of aliphatic hydroxyl groups excluding tert-OH is 1. The van der Waals surface area contributed by atoms with Crippen molar-refractivity contribution >= 4 is 22.7 Å². The molecule has 0 atom stereocenters. The maximum atomic E-state index is 11.8. The molecule has 0 aliphatic carbocycles. The van der Waals surface area contributed by atoms with Gasteiger partial charge in [0.1, 0.15) is 0 Å². The number of fused-ring (bicyclic) bond motifs is 1. The first-order chi connectivity index (χ1) is 9.40. The van der Waals surface area contributed by atoms with Gasteiger partial charge in [-0.2, -0.15) is 0 Å². The van der Waals surface area contributed by atoms with Crippen molar-refractivity contribution < 1.29 is 19.8 Å². The van der Waals surface area contributed by atoms with Crippen LogP contribution in [0.2, 0.25) is 0 Å². The number of aromatic carboxylic acids is 1. The molecule has 1 heterocycles. The number of aromatic nitrogens is 1. The van der Waals surface area contributed by atoms with E-state index in [1.165, 1.54) is 6.92 Å². The Morgan fingerprint density at radius 1 is 1.20 bits per heavy atom. The predicted octanol–water partition coefficient (Wildman–Crippen LogP) is 2.15. The number of rotatable bonds is 4. The molecule has 0 aliphatic rings. The van der Waals surface area contributed by atoms with E-state index in [1.54, 1.807) is 30.5 Å². The van der Waals surface area contributed by atoms with Crippen LogP contribution in [0.15, 0.2) is 12.1 Å². The third-order valence-corrected chi connectivity index (χ3v) is 3.58. The second kappa shape index (κ2) is 5.09. The summed E-state index contributed by atoms with van der Waals surface area (Å²) < 4.78 is 1.71. The molecule has 0 radical (unpaired) electrons. The van der Waals surface area contributed by atoms with Crippen molar-refractivity contribution in [3.8, 4) is 0 Å². The Bertz CT molecular complexity index is 712. The number of carboxylic acid groups (broad SMARTS) is 1. The maximum Gasteiger partial charge on any atom is 0.338 e. The Morgan fingerprint density at radius 3 is 2.35 bits per heavy atom. The molecule has 0 aliphatic heterocycles. The SMILES string of the molecule is CC(=O)c1c(C)n(CCO)c2c(C(=O)O)c(C)ccc12. The van der Waals surface area contributed by atoms with Gasteiger partial charge in [0.25, 0.3) is 0 Å². The van der Waals surface area contributed by atoms with Gasteiger partial charge in [-0.3, -0.25) is 4.79 Å². The highest BCUT2D eigenvalue weighted by Crippen LogP contribution is 2.31. The summed E-state index contributed by atoms with van der Waals surface area (Å²) in [6.45, 7) is 5.11. The number of hydrogen-bond donors (Lipinski definition) is 2. The summed E-state index contributed by atoms with van der Waals surface area (Å²) >= 11 is 0. The van der Waals surface area contributed by atoms with Crippen LogP contribution in [0.4, 0.5) is 0 Å². The van der Waals surface area contributed by atoms with Crippen LogP contribution in [0.3, 0.4) is 0 Å². The van der Waals surface area contributed by atoms with Crippen LogP contribution in [0.25, 0.3) is 10.9 Å². The molecule has 5 nitrogen and oxygen atoms in total. The van der Waals surface area contributed by atoms with E-state index in [-0.39, 0.29) is 24.5 Å². The minimum Gasteiger partial charge on any atom is -0.478 e. The molecule has 2 N–H and O–H groups in total. The number of carbonyl (C=O) groups is 2. The monoisotopic (exact) mass is 275 g/mol. The van der Waals surface area contributed by atoms with Crippen LogP contribution in [0.5, 0.6) is 0 Å². The van der Waals surface area contributed by atoms with Crippen molar-refractivity contribution in [1.82, 2.24) is 4.57 Å². The lowest BCUT2D eigenvalue weighted by Gasteiger charge is -2.09. The summed E-state index contributed by atoms with van der Waals surface area (Å²) in [6.07, 6.45) is 0. The number of hydrogen-bond acceptors (Lipinski definition) is 3. The maximum absolute atomic E-state index is 11.8. The van der Waals surface area contributed by atoms with Crippen molar-refractivity contribution in [1.29, 1.82) is 0 Å². The third kappa shape index (κ3) is 2.00. The van der Waals surface area contributed by atoms with Crippen molar-refractivity contribution in [3.63, 3.8) is 0 Å². The zero-order chi connectivity index (χ0) is 15.0. The first-order valence-electron chi connectivity index (χ1n) is 6.37. The average molecular weight is 275 g/mol. The van der Waals surface area contributed by atoms with E-state index >= 15 is 0 Å². The number of ketones is 1. The van der Waals surface area contributed by atoms with Gasteiger partial charge in [-0.1, -0.05) is 12.1 Å². The van der Waals surface area contributed by atoms with Gasteiger partial charge in [0.2, 0.25) is 0 Å². The van der Waals surface area contributed by atoms with E-state index in [9.17, 15) is 19.8 Å². The van der Waals surface area contributed by atoms with Gasteiger partial charge in [0, 0.05) is 23.2 Å². The molecule has 0 bridgehead atoms. The molecule has 2 aromatic rings. The van der Waals surface area contributed by atoms with Gasteiger partial charge in [0.05, 0.1) is 17.7 Å². The Kier molecular flexibility index (Phi) is 3.63. The van der Waals surface area contributed by atoms with Gasteiger partial charge in [-0.25, -0.2) is 4.79 Å². The zero-order valence-corrected chi connectivity index (χ0v) is 11.7. The Labute approximate surface area is 116 Å². The Balaban J connectivity index is 3.00. The Morgan fingerprint density at radius 2 is 1.85 bits per heavy atom. The van der Waals surface area contributed by atoms with Crippen LogP contribution in [0, 0.1) is 13.8 Å². The molecule has 1 aromatic carbocycles. The lowest BCUT2D eigenvalue weighted by atomic mass is 10.0. The number of Topliss-reactive ketones (excluding diaryl/α,β-unsaturated/α-hetero) is 1. The van der Waals surface area contributed by atoms with Crippen molar-refractivity contribution in [2.75, 3.05) is 6.61 Å². The van der Waals surface area contributed by atoms with Crippen LogP contribution in [-0.4, -0.2) is 33.1 Å². The minimum atomic E-state index is -1.03. The molecule has 106 valence electrons. The standard InChI is InChI=1S/C15H17NO4/c1-8-4-5-11-13(10(3)18)9(2)16(6-7-17)14(11)12(8)15(19)20/h4-5,17H,6-7H2,1-3H3,(H,19,20). The van der Waals surface area contributed by atoms with E-state index in [0.29, 0.717) is 27.7 Å². The van der Waals surface area contributed by atoms with Gasteiger partial charge in [-0.05, 0) is 26.3 Å². The molecular weight excluding hydrogens is 258 g/mol. The summed E-state index contributed by atoms with van der Waals surface area (Å²) in [6, 6.07) is 3.48. The van der Waals surface area contributed by atoms with Crippen molar-refractivity contribution in [2.24, 2.45) is 0 Å². The summed E-state index contributed by atoms with van der Waals surface area (Å²) in [4.78, 5) is 23.4. The molecule has 1 aromatic heterocycles. The molecular formula is C15H17NO4. The van der Waals surface area contributed by atoms with Crippen LogP contribution >= 0.6 is 0 Å². The van der Waals surface area contributed by atoms with Gasteiger partial charge in [0.15, 0.2) is 5.78 Å². The number of aliphatic hydroxyl groups is 1. The van der Waals surface area contributed by atoms with E-state index < -0.39 is 5.97 Å². The highest BCUT2D eigenvalue weighted by atomic mass is 16.4. The molecule has 5 heteroatoms. The number of benzene rings is 1. The highest BCUT2D eigenvalue weighted by Gasteiger charge is 2.23. The fraction of sp³-hybridized carbons (Fsp3) is 0.333. The number of nitrogens with zero attached hydrogens (tertiary/aromatic N) is 1. The van der Waals surface area contributed by atoms with E-state index in [1.807, 2.05) is 0 Å². The summed E-state index contributed by atoms with van der Waals surface area (Å²) in [5, 5.41) is 19.3. The normalized spacial score (nSPS) is 11.0. The van der Waals surface area contributed by atoms with Gasteiger partial charge in [-0.15, -0.1) is 0 Å². The molecule has 20 heavy (non-hydrogen) atoms. The second-order valence-corrected chi connectivity index (χ2v) is 4.85. The van der Waals surface area contributed by atoms with Gasteiger partial charge < -0.3 is 14.8 Å².